The van der Waals surface area contributed by atoms with Crippen LogP contribution in [0.3, 0.4) is 0 Å². The normalized spacial score (nSPS) is 15.5. The zero-order valence-electron chi connectivity index (χ0n) is 12.9. The maximum atomic E-state index is 12.1. The van der Waals surface area contributed by atoms with Crippen LogP contribution in [0.1, 0.15) is 32.1 Å². The molecule has 3 rings (SSSR count). The standard InChI is InChI=1S/C15H20N6O2/c22-14-7-6-13(21-11-16-10-18-21)19-20(14)9-8-17-15(23)12-4-2-1-3-5-12/h6-7,10-12H,1-5,8-9H2,(H,17,23). The first kappa shape index (κ1) is 15.4. The van der Waals surface area contributed by atoms with Crippen molar-refractivity contribution in [2.75, 3.05) is 6.54 Å². The van der Waals surface area contributed by atoms with Gasteiger partial charge in [-0.2, -0.15) is 5.10 Å². The van der Waals surface area contributed by atoms with Crippen LogP contribution in [-0.4, -0.2) is 37.0 Å². The highest BCUT2D eigenvalue weighted by Gasteiger charge is 2.20. The molecule has 1 aliphatic carbocycles. The van der Waals surface area contributed by atoms with Gasteiger partial charge in [-0.15, -0.1) is 5.10 Å². The quantitative estimate of drug-likeness (QED) is 0.868. The molecule has 1 aliphatic rings. The summed E-state index contributed by atoms with van der Waals surface area (Å²) in [5.74, 6) is 0.723. The summed E-state index contributed by atoms with van der Waals surface area (Å²) in [5, 5.41) is 11.1. The van der Waals surface area contributed by atoms with Crippen molar-refractivity contribution in [3.05, 3.63) is 35.1 Å². The van der Waals surface area contributed by atoms with E-state index in [1.807, 2.05) is 0 Å². The third kappa shape index (κ3) is 3.82. The highest BCUT2D eigenvalue weighted by atomic mass is 16.2. The average molecular weight is 316 g/mol. The van der Waals surface area contributed by atoms with Crippen molar-refractivity contribution in [1.82, 2.24) is 29.9 Å². The molecule has 122 valence electrons. The Labute approximate surface area is 133 Å². The van der Waals surface area contributed by atoms with E-state index >= 15 is 0 Å². The minimum absolute atomic E-state index is 0.0881. The predicted octanol–water partition coefficient (Wildman–Crippen LogP) is 0.520. The Kier molecular flexibility index (Phi) is 4.80. The number of carbonyl (C=O) groups is 1. The molecule has 0 saturated heterocycles. The number of nitrogens with zero attached hydrogens (tertiary/aromatic N) is 5. The van der Waals surface area contributed by atoms with E-state index in [-0.39, 0.29) is 17.4 Å². The van der Waals surface area contributed by atoms with Gasteiger partial charge in [-0.3, -0.25) is 9.59 Å². The van der Waals surface area contributed by atoms with Crippen LogP contribution in [0.5, 0.6) is 0 Å². The van der Waals surface area contributed by atoms with Crippen molar-refractivity contribution < 1.29 is 4.79 Å². The number of aromatic nitrogens is 5. The molecule has 0 spiro atoms. The summed E-state index contributed by atoms with van der Waals surface area (Å²) in [6.07, 6.45) is 8.32. The first-order valence-electron chi connectivity index (χ1n) is 7.95. The van der Waals surface area contributed by atoms with Gasteiger partial charge in [0.2, 0.25) is 5.91 Å². The fraction of sp³-hybridized carbons (Fsp3) is 0.533. The van der Waals surface area contributed by atoms with Gasteiger partial charge in [-0.05, 0) is 18.9 Å². The summed E-state index contributed by atoms with van der Waals surface area (Å²) in [6.45, 7) is 0.725. The van der Waals surface area contributed by atoms with Crippen LogP contribution in [0.25, 0.3) is 5.82 Å². The molecular weight excluding hydrogens is 296 g/mol. The van der Waals surface area contributed by atoms with E-state index in [4.69, 9.17) is 0 Å². The molecule has 0 unspecified atom stereocenters. The zero-order valence-corrected chi connectivity index (χ0v) is 12.9. The van der Waals surface area contributed by atoms with Gasteiger partial charge in [0.05, 0.1) is 6.54 Å². The van der Waals surface area contributed by atoms with Crippen molar-refractivity contribution in [2.45, 2.75) is 38.6 Å². The molecule has 0 radical (unpaired) electrons. The number of carbonyl (C=O) groups excluding carboxylic acids is 1. The second kappa shape index (κ2) is 7.17. The number of amides is 1. The molecule has 0 aliphatic heterocycles. The van der Waals surface area contributed by atoms with E-state index in [1.54, 1.807) is 6.07 Å². The molecule has 1 fully saturated rings. The Morgan fingerprint density at radius 1 is 1.26 bits per heavy atom. The van der Waals surface area contributed by atoms with E-state index in [2.05, 4.69) is 20.5 Å². The monoisotopic (exact) mass is 316 g/mol. The van der Waals surface area contributed by atoms with E-state index in [9.17, 15) is 9.59 Å². The van der Waals surface area contributed by atoms with Gasteiger partial charge in [-0.1, -0.05) is 19.3 Å². The van der Waals surface area contributed by atoms with Crippen LogP contribution in [-0.2, 0) is 11.3 Å². The molecule has 0 atom stereocenters. The van der Waals surface area contributed by atoms with Gasteiger partial charge >= 0.3 is 0 Å². The first-order valence-corrected chi connectivity index (χ1v) is 7.95. The SMILES string of the molecule is O=C(NCCn1nc(-n2cncn2)ccc1=O)C1CCCCC1. The molecule has 8 heteroatoms. The predicted molar refractivity (Wildman–Crippen MR) is 83.0 cm³/mol. The van der Waals surface area contributed by atoms with E-state index < -0.39 is 0 Å². The Bertz CT molecular complexity index is 703. The van der Waals surface area contributed by atoms with Gasteiger partial charge in [0.25, 0.3) is 5.56 Å². The maximum Gasteiger partial charge on any atom is 0.266 e. The van der Waals surface area contributed by atoms with Crippen molar-refractivity contribution in [3.63, 3.8) is 0 Å². The molecule has 2 heterocycles. The lowest BCUT2D eigenvalue weighted by atomic mass is 9.89. The van der Waals surface area contributed by atoms with Gasteiger partial charge < -0.3 is 5.32 Å². The van der Waals surface area contributed by atoms with Gasteiger partial charge in [0, 0.05) is 18.5 Å². The highest BCUT2D eigenvalue weighted by molar-refractivity contribution is 5.78. The van der Waals surface area contributed by atoms with Crippen molar-refractivity contribution in [1.29, 1.82) is 0 Å². The average Bonchev–Trinajstić information content (AvgIpc) is 3.12. The van der Waals surface area contributed by atoms with Crippen molar-refractivity contribution in [3.8, 4) is 5.82 Å². The topological polar surface area (TPSA) is 94.7 Å². The van der Waals surface area contributed by atoms with Gasteiger partial charge in [0.1, 0.15) is 12.7 Å². The zero-order chi connectivity index (χ0) is 16.1. The second-order valence-corrected chi connectivity index (χ2v) is 5.72. The minimum Gasteiger partial charge on any atom is -0.354 e. The van der Waals surface area contributed by atoms with Crippen molar-refractivity contribution >= 4 is 5.91 Å². The Balaban J connectivity index is 1.58. The lowest BCUT2D eigenvalue weighted by molar-refractivity contribution is -0.125. The van der Waals surface area contributed by atoms with Crippen molar-refractivity contribution in [2.24, 2.45) is 5.92 Å². The second-order valence-electron chi connectivity index (χ2n) is 5.72. The fourth-order valence-electron chi connectivity index (χ4n) is 2.84. The molecule has 23 heavy (non-hydrogen) atoms. The van der Waals surface area contributed by atoms with Crippen LogP contribution >= 0.6 is 0 Å². The molecule has 0 bridgehead atoms. The molecular formula is C15H20N6O2. The number of rotatable bonds is 5. The largest absolute Gasteiger partial charge is 0.354 e. The van der Waals surface area contributed by atoms with Crippen LogP contribution in [0.2, 0.25) is 0 Å². The van der Waals surface area contributed by atoms with E-state index in [1.165, 1.54) is 34.5 Å². The number of nitrogens with one attached hydrogen (secondary N) is 1. The summed E-state index contributed by atoms with van der Waals surface area (Å²) in [7, 11) is 0. The third-order valence-corrected chi connectivity index (χ3v) is 4.10. The van der Waals surface area contributed by atoms with Gasteiger partial charge in [-0.25, -0.2) is 14.3 Å². The maximum absolute atomic E-state index is 12.1. The lowest BCUT2D eigenvalue weighted by Gasteiger charge is -2.20. The minimum atomic E-state index is -0.208. The lowest BCUT2D eigenvalue weighted by Crippen LogP contribution is -2.36. The summed E-state index contributed by atoms with van der Waals surface area (Å²) < 4.78 is 2.81. The molecule has 1 amide bonds. The van der Waals surface area contributed by atoms with Crippen LogP contribution in [0.4, 0.5) is 0 Å². The van der Waals surface area contributed by atoms with Crippen LogP contribution in [0.15, 0.2) is 29.6 Å². The molecule has 8 nitrogen and oxygen atoms in total. The fourth-order valence-corrected chi connectivity index (χ4v) is 2.84. The Morgan fingerprint density at radius 3 is 2.83 bits per heavy atom. The third-order valence-electron chi connectivity index (χ3n) is 4.10. The summed E-state index contributed by atoms with van der Waals surface area (Å²) in [5.41, 5.74) is -0.208. The summed E-state index contributed by atoms with van der Waals surface area (Å²) in [6, 6.07) is 3.03. The first-order chi connectivity index (χ1) is 11.2. The molecule has 1 N–H and O–H groups in total. The highest BCUT2D eigenvalue weighted by Crippen LogP contribution is 2.23. The molecule has 2 aromatic rings. The molecule has 0 aromatic carbocycles. The van der Waals surface area contributed by atoms with E-state index in [0.717, 1.165) is 25.7 Å². The Morgan fingerprint density at radius 2 is 2.09 bits per heavy atom. The molecule has 1 saturated carbocycles. The van der Waals surface area contributed by atoms with Crippen LogP contribution in [0, 0.1) is 5.92 Å². The summed E-state index contributed by atoms with van der Waals surface area (Å²) >= 11 is 0. The number of hydrogen-bond acceptors (Lipinski definition) is 5. The molecule has 2 aromatic heterocycles. The summed E-state index contributed by atoms with van der Waals surface area (Å²) in [4.78, 5) is 27.8. The van der Waals surface area contributed by atoms with Crippen LogP contribution < -0.4 is 10.9 Å². The van der Waals surface area contributed by atoms with E-state index in [0.29, 0.717) is 18.9 Å². The number of hydrogen-bond donors (Lipinski definition) is 1. The van der Waals surface area contributed by atoms with Gasteiger partial charge in [0.15, 0.2) is 5.82 Å². The Hall–Kier alpha value is -2.51. The smallest absolute Gasteiger partial charge is 0.266 e.